The fourth-order valence-corrected chi connectivity index (χ4v) is 2.92. The number of carbonyl (C=O) groups is 2. The van der Waals surface area contributed by atoms with Gasteiger partial charge in [0.25, 0.3) is 0 Å². The van der Waals surface area contributed by atoms with E-state index in [0.29, 0.717) is 22.6 Å². The van der Waals surface area contributed by atoms with Gasteiger partial charge in [0.2, 0.25) is 11.8 Å². The Hall–Kier alpha value is -4.41. The van der Waals surface area contributed by atoms with Crippen LogP contribution in [0.5, 0.6) is 0 Å². The molecule has 0 aliphatic carbocycles. The average Bonchev–Trinajstić information content (AvgIpc) is 3.45. The number of amides is 2. The van der Waals surface area contributed by atoms with Crippen molar-refractivity contribution in [1.82, 2.24) is 24.9 Å². The first kappa shape index (κ1) is 21.8. The lowest BCUT2D eigenvalue weighted by Crippen LogP contribution is -2.42. The summed E-state index contributed by atoms with van der Waals surface area (Å²) in [5.41, 5.74) is 5.75. The molecule has 0 saturated carbocycles. The van der Waals surface area contributed by atoms with Crippen molar-refractivity contribution < 1.29 is 18.5 Å². The van der Waals surface area contributed by atoms with Crippen LogP contribution in [0.1, 0.15) is 19.4 Å². The highest BCUT2D eigenvalue weighted by Gasteiger charge is 2.34. The highest BCUT2D eigenvalue weighted by atomic mass is 19.1. The molecular formula is C22H20FN7O3. The summed E-state index contributed by atoms with van der Waals surface area (Å²) in [7, 11) is 0. The normalized spacial score (nSPS) is 11.4. The summed E-state index contributed by atoms with van der Waals surface area (Å²) in [4.78, 5) is 32.5. The summed E-state index contributed by atoms with van der Waals surface area (Å²) >= 11 is 0. The van der Waals surface area contributed by atoms with Crippen molar-refractivity contribution in [3.05, 3.63) is 66.3 Å². The number of nitrogens with two attached hydrogens (primary N) is 1. The number of anilines is 1. The summed E-state index contributed by atoms with van der Waals surface area (Å²) in [5, 5.41) is 11.0. The van der Waals surface area contributed by atoms with Crippen LogP contribution < -0.4 is 11.1 Å². The molecule has 10 nitrogen and oxygen atoms in total. The molecule has 11 heteroatoms. The predicted octanol–water partition coefficient (Wildman–Crippen LogP) is 2.63. The van der Waals surface area contributed by atoms with Crippen molar-refractivity contribution in [3.8, 4) is 22.9 Å². The molecule has 0 aliphatic rings. The SMILES string of the molecule is CC(C)(C(N)=O)C(=O)Nc1ccnc(-c2cc(-c3ccon3)n(Cc3ccccc3F)n2)n1. The van der Waals surface area contributed by atoms with Gasteiger partial charge in [-0.2, -0.15) is 5.10 Å². The molecule has 0 fully saturated rings. The van der Waals surface area contributed by atoms with E-state index in [1.54, 1.807) is 35.0 Å². The maximum absolute atomic E-state index is 14.2. The van der Waals surface area contributed by atoms with Crippen LogP contribution in [0.3, 0.4) is 0 Å². The lowest BCUT2D eigenvalue weighted by Gasteiger charge is -2.19. The van der Waals surface area contributed by atoms with Crippen LogP contribution >= 0.6 is 0 Å². The van der Waals surface area contributed by atoms with Crippen LogP contribution in [0.25, 0.3) is 22.9 Å². The molecule has 0 saturated heterocycles. The lowest BCUT2D eigenvalue weighted by atomic mass is 9.91. The molecule has 3 heterocycles. The summed E-state index contributed by atoms with van der Waals surface area (Å²) in [6, 6.07) is 11.2. The number of primary amides is 1. The number of benzene rings is 1. The first-order valence-electron chi connectivity index (χ1n) is 9.92. The number of carbonyl (C=O) groups excluding carboxylic acids is 2. The molecule has 168 valence electrons. The van der Waals surface area contributed by atoms with Crippen molar-refractivity contribution in [3.63, 3.8) is 0 Å². The summed E-state index contributed by atoms with van der Waals surface area (Å²) in [6.07, 6.45) is 2.86. The van der Waals surface area contributed by atoms with E-state index in [2.05, 4.69) is 25.5 Å². The van der Waals surface area contributed by atoms with E-state index in [9.17, 15) is 14.0 Å². The first-order valence-corrected chi connectivity index (χ1v) is 9.92. The van der Waals surface area contributed by atoms with E-state index in [1.807, 2.05) is 0 Å². The Balaban J connectivity index is 1.68. The van der Waals surface area contributed by atoms with Crippen LogP contribution in [0, 0.1) is 11.2 Å². The predicted molar refractivity (Wildman–Crippen MR) is 116 cm³/mol. The Labute approximate surface area is 187 Å². The smallest absolute Gasteiger partial charge is 0.240 e. The molecule has 0 radical (unpaired) electrons. The van der Waals surface area contributed by atoms with Crippen molar-refractivity contribution in [2.45, 2.75) is 20.4 Å². The Morgan fingerprint density at radius 1 is 1.18 bits per heavy atom. The molecule has 33 heavy (non-hydrogen) atoms. The number of nitrogens with zero attached hydrogens (tertiary/aromatic N) is 5. The topological polar surface area (TPSA) is 142 Å². The second-order valence-electron chi connectivity index (χ2n) is 7.76. The van der Waals surface area contributed by atoms with Crippen LogP contribution in [0.2, 0.25) is 0 Å². The number of nitrogens with one attached hydrogen (secondary N) is 1. The summed E-state index contributed by atoms with van der Waals surface area (Å²) in [5.74, 6) is -1.35. The molecule has 3 aromatic heterocycles. The Kier molecular flexibility index (Phi) is 5.69. The van der Waals surface area contributed by atoms with Crippen LogP contribution in [-0.2, 0) is 16.1 Å². The van der Waals surface area contributed by atoms with Gasteiger partial charge >= 0.3 is 0 Å². The van der Waals surface area contributed by atoms with Gasteiger partial charge in [-0.05, 0) is 32.0 Å². The maximum atomic E-state index is 14.2. The Bertz CT molecular complexity index is 1320. The molecule has 4 aromatic rings. The van der Waals surface area contributed by atoms with Gasteiger partial charge in [0.1, 0.15) is 34.7 Å². The van der Waals surface area contributed by atoms with Gasteiger partial charge in [0, 0.05) is 17.8 Å². The van der Waals surface area contributed by atoms with E-state index in [4.69, 9.17) is 10.3 Å². The number of halogens is 1. The standard InChI is InChI=1S/C22H20FN7O3/c1-22(2,20(24)31)21(32)27-18-7-9-25-19(26-18)16-11-17(15-8-10-33-29-15)30(28-16)12-13-5-3-4-6-14(13)23/h3-11H,12H2,1-2H3,(H2,24,31)(H,25,26,27,32). The summed E-state index contributed by atoms with van der Waals surface area (Å²) in [6.45, 7) is 2.97. The van der Waals surface area contributed by atoms with Gasteiger partial charge in [0.05, 0.1) is 12.2 Å². The quantitative estimate of drug-likeness (QED) is 0.413. The van der Waals surface area contributed by atoms with Crippen LogP contribution in [0.15, 0.2) is 59.4 Å². The molecule has 1 aromatic carbocycles. The van der Waals surface area contributed by atoms with Gasteiger partial charge in [-0.25, -0.2) is 14.4 Å². The van der Waals surface area contributed by atoms with Gasteiger partial charge in [-0.15, -0.1) is 0 Å². The van der Waals surface area contributed by atoms with Crippen molar-refractivity contribution in [1.29, 1.82) is 0 Å². The zero-order chi connectivity index (χ0) is 23.6. The Morgan fingerprint density at radius 3 is 2.67 bits per heavy atom. The van der Waals surface area contributed by atoms with E-state index < -0.39 is 17.2 Å². The third-order valence-electron chi connectivity index (χ3n) is 5.07. The maximum Gasteiger partial charge on any atom is 0.240 e. The fourth-order valence-electron chi connectivity index (χ4n) is 2.92. The molecule has 0 unspecified atom stereocenters. The lowest BCUT2D eigenvalue weighted by molar-refractivity contribution is -0.136. The van der Waals surface area contributed by atoms with Gasteiger partial charge in [-0.3, -0.25) is 14.3 Å². The molecule has 2 amide bonds. The molecule has 0 bridgehead atoms. The van der Waals surface area contributed by atoms with Crippen LogP contribution in [0.4, 0.5) is 10.2 Å². The van der Waals surface area contributed by atoms with E-state index >= 15 is 0 Å². The number of hydrogen-bond donors (Lipinski definition) is 2. The number of rotatable bonds is 7. The fraction of sp³-hybridized carbons (Fsp3) is 0.182. The van der Waals surface area contributed by atoms with Gasteiger partial charge < -0.3 is 15.6 Å². The van der Waals surface area contributed by atoms with Crippen molar-refractivity contribution in [2.24, 2.45) is 11.1 Å². The Morgan fingerprint density at radius 2 is 1.97 bits per heavy atom. The zero-order valence-corrected chi connectivity index (χ0v) is 17.8. The second kappa shape index (κ2) is 8.61. The monoisotopic (exact) mass is 449 g/mol. The highest BCUT2D eigenvalue weighted by Crippen LogP contribution is 2.25. The van der Waals surface area contributed by atoms with Crippen LogP contribution in [-0.4, -0.2) is 36.7 Å². The minimum atomic E-state index is -1.42. The highest BCUT2D eigenvalue weighted by molar-refractivity contribution is 6.09. The minimum Gasteiger partial charge on any atom is -0.369 e. The average molecular weight is 449 g/mol. The molecule has 4 rings (SSSR count). The number of aromatic nitrogens is 5. The molecule has 3 N–H and O–H groups in total. The van der Waals surface area contributed by atoms with Gasteiger partial charge in [0.15, 0.2) is 5.82 Å². The van der Waals surface area contributed by atoms with Crippen molar-refractivity contribution >= 4 is 17.6 Å². The van der Waals surface area contributed by atoms with E-state index in [-0.39, 0.29) is 24.0 Å². The molecule has 0 aliphatic heterocycles. The van der Waals surface area contributed by atoms with E-state index in [1.165, 1.54) is 38.4 Å². The molecular weight excluding hydrogens is 429 g/mol. The zero-order valence-electron chi connectivity index (χ0n) is 17.8. The summed E-state index contributed by atoms with van der Waals surface area (Å²) < 4.78 is 20.7. The van der Waals surface area contributed by atoms with Gasteiger partial charge in [-0.1, -0.05) is 23.4 Å². The van der Waals surface area contributed by atoms with E-state index in [0.717, 1.165) is 0 Å². The molecule has 0 spiro atoms. The minimum absolute atomic E-state index is 0.137. The third-order valence-corrected chi connectivity index (χ3v) is 5.07. The largest absolute Gasteiger partial charge is 0.369 e. The van der Waals surface area contributed by atoms with Crippen molar-refractivity contribution in [2.75, 3.05) is 5.32 Å². The third kappa shape index (κ3) is 4.47. The second-order valence-corrected chi connectivity index (χ2v) is 7.76. The first-order chi connectivity index (χ1) is 15.8. The molecule has 0 atom stereocenters. The number of hydrogen-bond acceptors (Lipinski definition) is 7.